The summed E-state index contributed by atoms with van der Waals surface area (Å²) in [5.74, 6) is 0.514. The first kappa shape index (κ1) is 18.5. The largest absolute Gasteiger partial charge is 0.497 e. The Kier molecular flexibility index (Phi) is 6.17. The summed E-state index contributed by atoms with van der Waals surface area (Å²) in [7, 11) is 1.55. The summed E-state index contributed by atoms with van der Waals surface area (Å²) in [5, 5.41) is 0. The van der Waals surface area contributed by atoms with Crippen molar-refractivity contribution in [2.45, 2.75) is 33.0 Å². The molecule has 0 spiro atoms. The molecule has 0 amide bonds. The molecule has 2 aromatic carbocycles. The van der Waals surface area contributed by atoms with Gasteiger partial charge in [-0.3, -0.25) is 4.79 Å². The highest BCUT2D eigenvalue weighted by Gasteiger charge is 2.20. The van der Waals surface area contributed by atoms with Crippen molar-refractivity contribution in [1.82, 2.24) is 0 Å². The maximum absolute atomic E-state index is 12.3. The van der Waals surface area contributed by atoms with Gasteiger partial charge in [0, 0.05) is 5.56 Å². The van der Waals surface area contributed by atoms with Crippen LogP contribution in [0.2, 0.25) is 0 Å². The van der Waals surface area contributed by atoms with E-state index < -0.39 is 12.1 Å². The first-order chi connectivity index (χ1) is 11.9. The maximum atomic E-state index is 12.3. The predicted molar refractivity (Wildman–Crippen MR) is 94.4 cm³/mol. The molecule has 132 valence electrons. The van der Waals surface area contributed by atoms with Gasteiger partial charge in [-0.25, -0.2) is 4.79 Å². The van der Waals surface area contributed by atoms with E-state index in [1.807, 2.05) is 13.8 Å². The molecule has 0 unspecified atom stereocenters. The standard InChI is InChI=1S/C20H22O5/c1-13(2)24-18-11-7-16(8-12-18)20(22)25-14(3)19(21)15-5-9-17(23-4)10-6-15/h5-14H,1-4H3/t14-/m1/s1. The summed E-state index contributed by atoms with van der Waals surface area (Å²) in [5.41, 5.74) is 0.826. The van der Waals surface area contributed by atoms with Gasteiger partial charge in [0.1, 0.15) is 11.5 Å². The summed E-state index contributed by atoms with van der Waals surface area (Å²) >= 11 is 0. The second kappa shape index (κ2) is 8.33. The lowest BCUT2D eigenvalue weighted by Crippen LogP contribution is -2.24. The maximum Gasteiger partial charge on any atom is 0.338 e. The molecule has 0 N–H and O–H groups in total. The van der Waals surface area contributed by atoms with Crippen molar-refractivity contribution in [3.05, 3.63) is 59.7 Å². The van der Waals surface area contributed by atoms with Crippen LogP contribution in [0.4, 0.5) is 0 Å². The Hall–Kier alpha value is -2.82. The van der Waals surface area contributed by atoms with E-state index in [1.165, 1.54) is 0 Å². The van der Waals surface area contributed by atoms with Crippen LogP contribution in [0.5, 0.6) is 11.5 Å². The fraction of sp³-hybridized carbons (Fsp3) is 0.300. The van der Waals surface area contributed by atoms with Gasteiger partial charge in [-0.2, -0.15) is 0 Å². The number of ether oxygens (including phenoxy) is 3. The van der Waals surface area contributed by atoms with Crippen molar-refractivity contribution >= 4 is 11.8 Å². The zero-order valence-corrected chi connectivity index (χ0v) is 14.8. The van der Waals surface area contributed by atoms with E-state index in [0.29, 0.717) is 22.6 Å². The SMILES string of the molecule is COc1ccc(C(=O)[C@@H](C)OC(=O)c2ccc(OC(C)C)cc2)cc1. The highest BCUT2D eigenvalue weighted by molar-refractivity contribution is 6.01. The van der Waals surface area contributed by atoms with Crippen LogP contribution < -0.4 is 9.47 Å². The number of ketones is 1. The molecule has 2 rings (SSSR count). The van der Waals surface area contributed by atoms with Gasteiger partial charge >= 0.3 is 5.97 Å². The van der Waals surface area contributed by atoms with Gasteiger partial charge in [0.15, 0.2) is 6.10 Å². The average Bonchev–Trinajstić information content (AvgIpc) is 2.61. The first-order valence-corrected chi connectivity index (χ1v) is 8.06. The minimum absolute atomic E-state index is 0.0555. The zero-order chi connectivity index (χ0) is 18.4. The van der Waals surface area contributed by atoms with Gasteiger partial charge < -0.3 is 14.2 Å². The molecule has 0 aliphatic carbocycles. The zero-order valence-electron chi connectivity index (χ0n) is 14.8. The number of esters is 1. The van der Waals surface area contributed by atoms with Crippen LogP contribution in [0, 0.1) is 0 Å². The van der Waals surface area contributed by atoms with Crippen molar-refractivity contribution in [3.8, 4) is 11.5 Å². The smallest absolute Gasteiger partial charge is 0.338 e. The Bertz CT molecular complexity index is 717. The molecular weight excluding hydrogens is 320 g/mol. The van der Waals surface area contributed by atoms with E-state index in [4.69, 9.17) is 14.2 Å². The lowest BCUT2D eigenvalue weighted by Gasteiger charge is -2.13. The van der Waals surface area contributed by atoms with Crippen LogP contribution >= 0.6 is 0 Å². The number of carbonyl (C=O) groups is 2. The van der Waals surface area contributed by atoms with Crippen LogP contribution in [-0.4, -0.2) is 31.1 Å². The number of hydrogen-bond donors (Lipinski definition) is 0. The van der Waals surface area contributed by atoms with Crippen LogP contribution in [-0.2, 0) is 4.74 Å². The Morgan fingerprint density at radius 3 is 1.84 bits per heavy atom. The Morgan fingerprint density at radius 2 is 1.32 bits per heavy atom. The number of carbonyl (C=O) groups excluding carboxylic acids is 2. The van der Waals surface area contributed by atoms with Gasteiger partial charge in [-0.1, -0.05) is 0 Å². The Labute approximate surface area is 147 Å². The third-order valence-corrected chi connectivity index (χ3v) is 3.49. The lowest BCUT2D eigenvalue weighted by molar-refractivity contribution is 0.0318. The topological polar surface area (TPSA) is 61.8 Å². The fourth-order valence-electron chi connectivity index (χ4n) is 2.21. The summed E-state index contributed by atoms with van der Waals surface area (Å²) in [4.78, 5) is 24.5. The molecule has 5 heteroatoms. The van der Waals surface area contributed by atoms with Crippen molar-refractivity contribution in [1.29, 1.82) is 0 Å². The van der Waals surface area contributed by atoms with Crippen LogP contribution in [0.3, 0.4) is 0 Å². The molecule has 0 fully saturated rings. The summed E-state index contributed by atoms with van der Waals surface area (Å²) in [6.45, 7) is 5.41. The predicted octanol–water partition coefficient (Wildman–Crippen LogP) is 3.91. The Balaban J connectivity index is 1.99. The van der Waals surface area contributed by atoms with Gasteiger partial charge in [0.2, 0.25) is 5.78 Å². The average molecular weight is 342 g/mol. The monoisotopic (exact) mass is 342 g/mol. The van der Waals surface area contributed by atoms with E-state index in [9.17, 15) is 9.59 Å². The second-order valence-corrected chi connectivity index (χ2v) is 5.83. The molecule has 0 bridgehead atoms. The van der Waals surface area contributed by atoms with Crippen molar-refractivity contribution in [2.24, 2.45) is 0 Å². The number of rotatable bonds is 7. The van der Waals surface area contributed by atoms with E-state index in [0.717, 1.165) is 0 Å². The van der Waals surface area contributed by atoms with Crippen LogP contribution in [0.15, 0.2) is 48.5 Å². The highest BCUT2D eigenvalue weighted by Crippen LogP contribution is 2.17. The van der Waals surface area contributed by atoms with Crippen molar-refractivity contribution in [2.75, 3.05) is 7.11 Å². The van der Waals surface area contributed by atoms with E-state index in [-0.39, 0.29) is 11.9 Å². The van der Waals surface area contributed by atoms with Gasteiger partial charge in [-0.05, 0) is 69.3 Å². The molecule has 0 saturated heterocycles. The van der Waals surface area contributed by atoms with E-state index in [2.05, 4.69) is 0 Å². The normalized spacial score (nSPS) is 11.7. The molecule has 0 aliphatic heterocycles. The molecule has 0 saturated carbocycles. The van der Waals surface area contributed by atoms with Gasteiger partial charge in [0.05, 0.1) is 18.8 Å². The van der Waals surface area contributed by atoms with Gasteiger partial charge in [-0.15, -0.1) is 0 Å². The minimum Gasteiger partial charge on any atom is -0.497 e. The van der Waals surface area contributed by atoms with Gasteiger partial charge in [0.25, 0.3) is 0 Å². The summed E-state index contributed by atoms with van der Waals surface area (Å²) in [6, 6.07) is 13.3. The third kappa shape index (κ3) is 5.08. The third-order valence-electron chi connectivity index (χ3n) is 3.49. The first-order valence-electron chi connectivity index (χ1n) is 8.06. The molecule has 25 heavy (non-hydrogen) atoms. The minimum atomic E-state index is -0.882. The molecular formula is C20H22O5. The number of methoxy groups -OCH3 is 1. The van der Waals surface area contributed by atoms with Crippen LogP contribution in [0.25, 0.3) is 0 Å². The number of benzene rings is 2. The van der Waals surface area contributed by atoms with E-state index in [1.54, 1.807) is 62.6 Å². The summed E-state index contributed by atoms with van der Waals surface area (Å²) in [6.07, 6.45) is -0.826. The van der Waals surface area contributed by atoms with Crippen LogP contribution in [0.1, 0.15) is 41.5 Å². The molecule has 2 aromatic rings. The number of hydrogen-bond acceptors (Lipinski definition) is 5. The van der Waals surface area contributed by atoms with Crippen molar-refractivity contribution in [3.63, 3.8) is 0 Å². The molecule has 0 aliphatic rings. The second-order valence-electron chi connectivity index (χ2n) is 5.83. The molecule has 0 radical (unpaired) electrons. The quantitative estimate of drug-likeness (QED) is 0.564. The van der Waals surface area contributed by atoms with Crippen molar-refractivity contribution < 1.29 is 23.8 Å². The molecule has 0 heterocycles. The molecule has 1 atom stereocenters. The summed E-state index contributed by atoms with van der Waals surface area (Å²) < 4.78 is 15.9. The lowest BCUT2D eigenvalue weighted by atomic mass is 10.1. The highest BCUT2D eigenvalue weighted by atomic mass is 16.5. The molecule has 0 aromatic heterocycles. The number of Topliss-reactive ketones (excluding diaryl/α,β-unsaturated/α-hetero) is 1. The fourth-order valence-corrected chi connectivity index (χ4v) is 2.21. The van der Waals surface area contributed by atoms with E-state index >= 15 is 0 Å². The molecule has 5 nitrogen and oxygen atoms in total. The Morgan fingerprint density at radius 1 is 0.800 bits per heavy atom.